The fourth-order valence-electron chi connectivity index (χ4n) is 2.26. The number of methoxy groups -OCH3 is 1. The summed E-state index contributed by atoms with van der Waals surface area (Å²) in [6, 6.07) is 5.12. The van der Waals surface area contributed by atoms with Gasteiger partial charge < -0.3 is 25.8 Å². The Balaban J connectivity index is 2.54. The Hall–Kier alpha value is -2.61. The van der Waals surface area contributed by atoms with Crippen molar-refractivity contribution in [2.75, 3.05) is 20.3 Å². The van der Waals surface area contributed by atoms with E-state index in [0.717, 1.165) is 5.56 Å². The number of aromatic carboxylic acids is 1. The van der Waals surface area contributed by atoms with Crippen molar-refractivity contribution in [3.05, 3.63) is 35.4 Å². The first-order valence-corrected chi connectivity index (χ1v) is 8.46. The van der Waals surface area contributed by atoms with Gasteiger partial charge in [-0.15, -0.1) is 0 Å². The number of carboxylic acid groups (broad SMARTS) is 1. The summed E-state index contributed by atoms with van der Waals surface area (Å²) in [6.45, 7) is 4.95. The minimum Gasteiger partial charge on any atom is -0.478 e. The normalized spacial score (nSPS) is 11.7. The number of amides is 3. The number of nitrogens with one attached hydrogen (secondary N) is 3. The van der Waals surface area contributed by atoms with E-state index >= 15 is 0 Å². The lowest BCUT2D eigenvalue weighted by atomic mass is 10.0. The first-order valence-electron chi connectivity index (χ1n) is 8.46. The molecule has 0 saturated carbocycles. The minimum atomic E-state index is -1.00. The summed E-state index contributed by atoms with van der Waals surface area (Å²) in [5, 5.41) is 16.9. The van der Waals surface area contributed by atoms with E-state index in [1.54, 1.807) is 19.2 Å². The fraction of sp³-hybridized carbons (Fsp3) is 0.500. The molecule has 0 aliphatic rings. The van der Waals surface area contributed by atoms with Crippen molar-refractivity contribution in [3.8, 4) is 0 Å². The zero-order valence-corrected chi connectivity index (χ0v) is 15.4. The molecule has 8 nitrogen and oxygen atoms in total. The number of ether oxygens (including phenoxy) is 1. The van der Waals surface area contributed by atoms with Crippen molar-refractivity contribution < 1.29 is 24.2 Å². The number of hydrogen-bond acceptors (Lipinski definition) is 4. The van der Waals surface area contributed by atoms with E-state index in [0.29, 0.717) is 19.6 Å². The van der Waals surface area contributed by atoms with Crippen molar-refractivity contribution in [3.63, 3.8) is 0 Å². The second-order valence-electron chi connectivity index (χ2n) is 6.30. The van der Waals surface area contributed by atoms with E-state index < -0.39 is 18.0 Å². The van der Waals surface area contributed by atoms with Crippen LogP contribution in [0.25, 0.3) is 0 Å². The third-order valence-electron chi connectivity index (χ3n) is 3.59. The zero-order valence-electron chi connectivity index (χ0n) is 15.4. The molecular weight excluding hydrogens is 338 g/mol. The maximum atomic E-state index is 12.2. The predicted molar refractivity (Wildman–Crippen MR) is 96.9 cm³/mol. The molecule has 0 saturated heterocycles. The molecule has 0 aliphatic heterocycles. The van der Waals surface area contributed by atoms with Gasteiger partial charge in [-0.25, -0.2) is 9.59 Å². The van der Waals surface area contributed by atoms with Crippen LogP contribution in [0.15, 0.2) is 24.3 Å². The summed E-state index contributed by atoms with van der Waals surface area (Å²) in [6.07, 6.45) is 0.513. The molecule has 0 fully saturated rings. The number of carbonyl (C=O) groups is 3. The van der Waals surface area contributed by atoms with Crippen LogP contribution in [-0.4, -0.2) is 49.3 Å². The lowest BCUT2D eigenvalue weighted by molar-refractivity contribution is -0.123. The van der Waals surface area contributed by atoms with Crippen molar-refractivity contribution in [2.24, 2.45) is 5.92 Å². The van der Waals surface area contributed by atoms with Crippen LogP contribution in [0.4, 0.5) is 4.79 Å². The standard InChI is InChI=1S/C18H27N3O5/c1-12(2)10-15(16(22)19-8-9-26-3)21-18(25)20-11-13-4-6-14(7-5-13)17(23)24/h4-7,12,15H,8-11H2,1-3H3,(H,19,22)(H,23,24)(H2,20,21,25)/t15-/m0/s1. The monoisotopic (exact) mass is 365 g/mol. The van der Waals surface area contributed by atoms with Gasteiger partial charge in [0.1, 0.15) is 6.04 Å². The highest BCUT2D eigenvalue weighted by molar-refractivity contribution is 5.88. The van der Waals surface area contributed by atoms with E-state index in [1.165, 1.54) is 12.1 Å². The summed E-state index contributed by atoms with van der Waals surface area (Å²) < 4.78 is 4.89. The molecule has 26 heavy (non-hydrogen) atoms. The number of hydrogen-bond donors (Lipinski definition) is 4. The van der Waals surface area contributed by atoms with Gasteiger partial charge in [0.05, 0.1) is 12.2 Å². The van der Waals surface area contributed by atoms with Gasteiger partial charge in [0, 0.05) is 20.2 Å². The molecule has 0 heterocycles. The molecule has 8 heteroatoms. The number of rotatable bonds is 10. The molecule has 0 unspecified atom stereocenters. The quantitative estimate of drug-likeness (QED) is 0.467. The van der Waals surface area contributed by atoms with Gasteiger partial charge in [-0.2, -0.15) is 0 Å². The van der Waals surface area contributed by atoms with Crippen LogP contribution >= 0.6 is 0 Å². The summed E-state index contributed by atoms with van der Waals surface area (Å²) in [4.78, 5) is 35.1. The summed E-state index contributed by atoms with van der Waals surface area (Å²) in [7, 11) is 1.55. The molecule has 0 bridgehead atoms. The van der Waals surface area contributed by atoms with Gasteiger partial charge in [0.15, 0.2) is 0 Å². The summed E-state index contributed by atoms with van der Waals surface area (Å²) in [5.74, 6) is -1.02. The van der Waals surface area contributed by atoms with Crippen LogP contribution in [0.5, 0.6) is 0 Å². The smallest absolute Gasteiger partial charge is 0.335 e. The fourth-order valence-corrected chi connectivity index (χ4v) is 2.26. The SMILES string of the molecule is COCCNC(=O)[C@H](CC(C)C)NC(=O)NCc1ccc(C(=O)O)cc1. The van der Waals surface area contributed by atoms with Crippen LogP contribution in [0.3, 0.4) is 0 Å². The maximum Gasteiger partial charge on any atom is 0.335 e. The zero-order chi connectivity index (χ0) is 19.5. The van der Waals surface area contributed by atoms with E-state index in [-0.39, 0.29) is 23.9 Å². The van der Waals surface area contributed by atoms with Gasteiger partial charge in [0.2, 0.25) is 5.91 Å². The average molecular weight is 365 g/mol. The van der Waals surface area contributed by atoms with Crippen molar-refractivity contribution >= 4 is 17.9 Å². The van der Waals surface area contributed by atoms with E-state index in [9.17, 15) is 14.4 Å². The van der Waals surface area contributed by atoms with Crippen LogP contribution in [0, 0.1) is 5.92 Å². The lowest BCUT2D eigenvalue weighted by Crippen LogP contribution is -2.50. The van der Waals surface area contributed by atoms with E-state index in [2.05, 4.69) is 16.0 Å². The predicted octanol–water partition coefficient (Wildman–Crippen LogP) is 1.36. The summed E-state index contributed by atoms with van der Waals surface area (Å²) in [5.41, 5.74) is 0.943. The third kappa shape index (κ3) is 7.98. The Bertz CT molecular complexity index is 601. The Labute approximate surface area is 153 Å². The van der Waals surface area contributed by atoms with Gasteiger partial charge in [-0.05, 0) is 30.0 Å². The Morgan fingerprint density at radius 3 is 2.31 bits per heavy atom. The second-order valence-corrected chi connectivity index (χ2v) is 6.30. The van der Waals surface area contributed by atoms with Crippen molar-refractivity contribution in [2.45, 2.75) is 32.9 Å². The number of benzene rings is 1. The molecule has 144 valence electrons. The molecule has 0 aliphatic carbocycles. The number of urea groups is 1. The molecule has 1 aromatic carbocycles. The van der Waals surface area contributed by atoms with E-state index in [1.807, 2.05) is 13.8 Å². The Morgan fingerprint density at radius 1 is 1.12 bits per heavy atom. The number of carboxylic acids is 1. The van der Waals surface area contributed by atoms with Crippen molar-refractivity contribution in [1.82, 2.24) is 16.0 Å². The van der Waals surface area contributed by atoms with Crippen LogP contribution in [-0.2, 0) is 16.1 Å². The largest absolute Gasteiger partial charge is 0.478 e. The first kappa shape index (κ1) is 21.4. The first-order chi connectivity index (χ1) is 12.3. The topological polar surface area (TPSA) is 117 Å². The van der Waals surface area contributed by atoms with Crippen LogP contribution in [0.1, 0.15) is 36.2 Å². The molecule has 1 rings (SSSR count). The highest BCUT2D eigenvalue weighted by Gasteiger charge is 2.21. The maximum absolute atomic E-state index is 12.2. The molecule has 1 atom stereocenters. The van der Waals surface area contributed by atoms with Gasteiger partial charge in [-0.3, -0.25) is 4.79 Å². The highest BCUT2D eigenvalue weighted by atomic mass is 16.5. The van der Waals surface area contributed by atoms with Crippen LogP contribution in [0.2, 0.25) is 0 Å². The molecular formula is C18H27N3O5. The minimum absolute atomic E-state index is 0.183. The Kier molecular flexibility index (Phi) is 9.14. The summed E-state index contributed by atoms with van der Waals surface area (Å²) >= 11 is 0. The molecule has 3 amide bonds. The second kappa shape index (κ2) is 11.1. The highest BCUT2D eigenvalue weighted by Crippen LogP contribution is 2.06. The average Bonchev–Trinajstić information content (AvgIpc) is 2.59. The molecule has 0 radical (unpaired) electrons. The number of carbonyl (C=O) groups excluding carboxylic acids is 2. The van der Waals surface area contributed by atoms with Gasteiger partial charge in [-0.1, -0.05) is 26.0 Å². The molecule has 0 aromatic heterocycles. The third-order valence-corrected chi connectivity index (χ3v) is 3.59. The van der Waals surface area contributed by atoms with Crippen LogP contribution < -0.4 is 16.0 Å². The molecule has 4 N–H and O–H groups in total. The van der Waals surface area contributed by atoms with Gasteiger partial charge >= 0.3 is 12.0 Å². The van der Waals surface area contributed by atoms with E-state index in [4.69, 9.17) is 9.84 Å². The molecule has 1 aromatic rings. The lowest BCUT2D eigenvalue weighted by Gasteiger charge is -2.20. The Morgan fingerprint density at radius 2 is 1.77 bits per heavy atom. The van der Waals surface area contributed by atoms with Crippen molar-refractivity contribution in [1.29, 1.82) is 0 Å². The molecule has 0 spiro atoms. The van der Waals surface area contributed by atoms with Gasteiger partial charge in [0.25, 0.3) is 0 Å².